The van der Waals surface area contributed by atoms with Crippen LogP contribution < -0.4 is 21.5 Å². The van der Waals surface area contributed by atoms with Crippen LogP contribution in [0.15, 0.2) is 59.5 Å². The number of pyridine rings is 1. The van der Waals surface area contributed by atoms with Crippen LogP contribution in [-0.2, 0) is 0 Å². The number of carbonyl (C=O) groups is 1. The van der Waals surface area contributed by atoms with Gasteiger partial charge in [0, 0.05) is 36.3 Å². The van der Waals surface area contributed by atoms with Crippen molar-refractivity contribution in [3.63, 3.8) is 0 Å². The van der Waals surface area contributed by atoms with Crippen LogP contribution >= 0.6 is 0 Å². The Hall–Kier alpha value is -5.57. The molecule has 0 aliphatic carbocycles. The van der Waals surface area contributed by atoms with E-state index in [1.165, 1.54) is 12.1 Å². The molecule has 0 aliphatic heterocycles. The van der Waals surface area contributed by atoms with Gasteiger partial charge >= 0.3 is 6.03 Å². The maximum atomic E-state index is 15.2. The number of hydrogen-bond acceptors (Lipinski definition) is 7. The predicted octanol–water partition coefficient (Wildman–Crippen LogP) is 6.35. The summed E-state index contributed by atoms with van der Waals surface area (Å²) in [6.07, 6.45) is 1.63. The summed E-state index contributed by atoms with van der Waals surface area (Å²) in [5.74, 6) is 0.161. The minimum atomic E-state index is -0.699. The van der Waals surface area contributed by atoms with Crippen molar-refractivity contribution in [3.8, 4) is 22.9 Å². The van der Waals surface area contributed by atoms with E-state index in [4.69, 9.17) is 5.26 Å². The fraction of sp³-hybridized carbons (Fsp3) is 0.250. The normalized spacial score (nSPS) is 11.2. The minimum Gasteiger partial charge on any atom is -0.357 e. The van der Waals surface area contributed by atoms with Crippen LogP contribution in [-0.4, -0.2) is 37.4 Å². The highest BCUT2D eigenvalue weighted by molar-refractivity contribution is 6.00. The largest absolute Gasteiger partial charge is 0.357 e. The van der Waals surface area contributed by atoms with Crippen molar-refractivity contribution in [2.75, 3.05) is 23.0 Å². The molecule has 3 N–H and O–H groups in total. The Balaban J connectivity index is 1.51. The van der Waals surface area contributed by atoms with E-state index in [1.807, 2.05) is 27.7 Å². The summed E-state index contributed by atoms with van der Waals surface area (Å²) in [5, 5.41) is 22.6. The fourth-order valence-corrected chi connectivity index (χ4v) is 4.89. The number of amides is 2. The molecule has 0 aliphatic rings. The van der Waals surface area contributed by atoms with Crippen LogP contribution in [0.5, 0.6) is 0 Å². The molecule has 3 aromatic heterocycles. The third kappa shape index (κ3) is 5.72. The maximum absolute atomic E-state index is 15.2. The van der Waals surface area contributed by atoms with Gasteiger partial charge in [-0.05, 0) is 80.3 Å². The summed E-state index contributed by atoms with van der Waals surface area (Å²) < 4.78 is 18.3. The molecule has 0 saturated carbocycles. The van der Waals surface area contributed by atoms with Gasteiger partial charge in [-0.2, -0.15) is 15.3 Å². The number of nitrogens with one attached hydrogen (secondary N) is 3. The standard InChI is InChI=1S/C32H32FN9O2/c1-17(2)26-14-28(42(40-26)22-9-7-20(15-34)8-10-22)38-32(44)37-27-13-23(19(5)11-25(27)33)24-12-21-16-36-31(35-6)39-29(21)41(18(3)4)30(24)43/h7-14,16-18H,1-6H3,(H,35,36,39)(H2,37,38,44). The van der Waals surface area contributed by atoms with Crippen molar-refractivity contribution >= 4 is 34.5 Å². The lowest BCUT2D eigenvalue weighted by atomic mass is 9.99. The summed E-state index contributed by atoms with van der Waals surface area (Å²) in [5.41, 5.74) is 3.25. The van der Waals surface area contributed by atoms with Crippen molar-refractivity contribution in [3.05, 3.63) is 87.7 Å². The van der Waals surface area contributed by atoms with E-state index >= 15 is 4.39 Å². The molecule has 11 nitrogen and oxygen atoms in total. The van der Waals surface area contributed by atoms with Gasteiger partial charge in [0.05, 0.1) is 28.7 Å². The molecular formula is C32H32FN9O2. The number of aromatic nitrogens is 5. The lowest BCUT2D eigenvalue weighted by Gasteiger charge is -2.17. The van der Waals surface area contributed by atoms with Crippen molar-refractivity contribution in [1.29, 1.82) is 5.26 Å². The molecule has 2 amide bonds. The average Bonchev–Trinajstić information content (AvgIpc) is 3.41. The Morgan fingerprint density at radius 2 is 1.75 bits per heavy atom. The zero-order valence-electron chi connectivity index (χ0n) is 25.2. The number of anilines is 3. The van der Waals surface area contributed by atoms with E-state index in [-0.39, 0.29) is 23.2 Å². The topological polar surface area (TPSA) is 143 Å². The first-order chi connectivity index (χ1) is 21.0. The lowest BCUT2D eigenvalue weighted by molar-refractivity contribution is 0.262. The van der Waals surface area contributed by atoms with Gasteiger partial charge in [0.1, 0.15) is 17.3 Å². The molecule has 0 fully saturated rings. The molecule has 0 atom stereocenters. The Kier molecular flexibility index (Phi) is 8.13. The summed E-state index contributed by atoms with van der Waals surface area (Å²) in [6, 6.07) is 14.1. The molecule has 3 heterocycles. The first-order valence-corrected chi connectivity index (χ1v) is 14.1. The maximum Gasteiger partial charge on any atom is 0.324 e. The second-order valence-corrected chi connectivity index (χ2v) is 11.0. The Morgan fingerprint density at radius 3 is 2.39 bits per heavy atom. The van der Waals surface area contributed by atoms with Gasteiger partial charge in [-0.1, -0.05) is 13.8 Å². The van der Waals surface area contributed by atoms with Gasteiger partial charge in [0.25, 0.3) is 5.56 Å². The van der Waals surface area contributed by atoms with E-state index in [2.05, 4.69) is 37.1 Å². The number of urea groups is 1. The minimum absolute atomic E-state index is 0.0717. The van der Waals surface area contributed by atoms with E-state index in [9.17, 15) is 9.59 Å². The first-order valence-electron chi connectivity index (χ1n) is 14.1. The number of carbonyl (C=O) groups excluding carboxylic acids is 1. The van der Waals surface area contributed by atoms with Crippen LogP contribution in [0.25, 0.3) is 27.8 Å². The molecule has 0 saturated heterocycles. The van der Waals surface area contributed by atoms with E-state index in [1.54, 1.807) is 65.8 Å². The zero-order chi connectivity index (χ0) is 31.7. The molecule has 2 aromatic carbocycles. The van der Waals surface area contributed by atoms with Crippen molar-refractivity contribution in [2.24, 2.45) is 0 Å². The van der Waals surface area contributed by atoms with Crippen LogP contribution in [0.2, 0.25) is 0 Å². The second-order valence-electron chi connectivity index (χ2n) is 11.0. The first kappa shape index (κ1) is 29.9. The van der Waals surface area contributed by atoms with Gasteiger partial charge in [-0.3, -0.25) is 14.7 Å². The number of hydrogen-bond donors (Lipinski definition) is 3. The fourth-order valence-electron chi connectivity index (χ4n) is 4.89. The third-order valence-electron chi connectivity index (χ3n) is 7.17. The molecule has 0 radical (unpaired) electrons. The highest BCUT2D eigenvalue weighted by atomic mass is 19.1. The number of fused-ring (bicyclic) bond motifs is 1. The highest BCUT2D eigenvalue weighted by Gasteiger charge is 2.20. The van der Waals surface area contributed by atoms with Crippen molar-refractivity contribution in [2.45, 2.75) is 46.6 Å². The van der Waals surface area contributed by atoms with Crippen LogP contribution in [0.4, 0.5) is 26.6 Å². The smallest absolute Gasteiger partial charge is 0.324 e. The van der Waals surface area contributed by atoms with Gasteiger partial charge in [-0.15, -0.1) is 0 Å². The molecular weight excluding hydrogens is 561 g/mol. The SMILES string of the molecule is CNc1ncc2cc(-c3cc(NC(=O)Nc4cc(C(C)C)nn4-c4ccc(C#N)cc4)c(F)cc3C)c(=O)n(C(C)C)c2n1. The van der Waals surface area contributed by atoms with Crippen molar-refractivity contribution < 1.29 is 9.18 Å². The molecule has 5 rings (SSSR count). The predicted molar refractivity (Wildman–Crippen MR) is 169 cm³/mol. The van der Waals surface area contributed by atoms with Gasteiger partial charge in [0.2, 0.25) is 5.95 Å². The van der Waals surface area contributed by atoms with Gasteiger partial charge in [0.15, 0.2) is 0 Å². The number of aryl methyl sites for hydroxylation is 1. The molecule has 5 aromatic rings. The summed E-state index contributed by atoms with van der Waals surface area (Å²) in [4.78, 5) is 35.8. The second kappa shape index (κ2) is 12.0. The van der Waals surface area contributed by atoms with Crippen LogP contribution in [0.1, 0.15) is 56.5 Å². The molecule has 0 unspecified atom stereocenters. The average molecular weight is 594 g/mol. The van der Waals surface area contributed by atoms with E-state index in [0.29, 0.717) is 50.7 Å². The van der Waals surface area contributed by atoms with Crippen LogP contribution in [0.3, 0.4) is 0 Å². The number of halogens is 1. The number of benzene rings is 2. The molecule has 12 heteroatoms. The van der Waals surface area contributed by atoms with Gasteiger partial charge < -0.3 is 10.6 Å². The number of rotatable bonds is 7. The van der Waals surface area contributed by atoms with Crippen molar-refractivity contribution in [1.82, 2.24) is 24.3 Å². The van der Waals surface area contributed by atoms with E-state index < -0.39 is 11.8 Å². The Morgan fingerprint density at radius 1 is 1.02 bits per heavy atom. The summed E-state index contributed by atoms with van der Waals surface area (Å²) in [6.45, 7) is 9.42. The highest BCUT2D eigenvalue weighted by Crippen LogP contribution is 2.30. The quantitative estimate of drug-likeness (QED) is 0.199. The number of nitrogens with zero attached hydrogens (tertiary/aromatic N) is 6. The summed E-state index contributed by atoms with van der Waals surface area (Å²) >= 11 is 0. The lowest BCUT2D eigenvalue weighted by Crippen LogP contribution is -2.25. The van der Waals surface area contributed by atoms with Crippen LogP contribution in [0, 0.1) is 24.1 Å². The summed E-state index contributed by atoms with van der Waals surface area (Å²) in [7, 11) is 1.70. The molecule has 224 valence electrons. The third-order valence-corrected chi connectivity index (χ3v) is 7.17. The number of nitriles is 1. The Labute approximate surface area is 253 Å². The Bertz CT molecular complexity index is 1990. The van der Waals surface area contributed by atoms with E-state index in [0.717, 1.165) is 5.69 Å². The molecule has 0 bridgehead atoms. The van der Waals surface area contributed by atoms with Gasteiger partial charge in [-0.25, -0.2) is 18.9 Å². The monoisotopic (exact) mass is 593 g/mol. The molecule has 0 spiro atoms. The molecule has 44 heavy (non-hydrogen) atoms. The zero-order valence-corrected chi connectivity index (χ0v) is 25.2.